The Bertz CT molecular complexity index is 1730. The number of ether oxygens (including phenoxy) is 6. The maximum atomic E-state index is 13.7. The highest BCUT2D eigenvalue weighted by atomic mass is 16.5. The van der Waals surface area contributed by atoms with Crippen LogP contribution in [0.3, 0.4) is 0 Å². The quantitative estimate of drug-likeness (QED) is 0.256. The summed E-state index contributed by atoms with van der Waals surface area (Å²) < 4.78 is 43.8. The predicted molar refractivity (Wildman–Crippen MR) is 150 cm³/mol. The Labute approximate surface area is 233 Å². The van der Waals surface area contributed by atoms with Crippen LogP contribution in [0.4, 0.5) is 0 Å². The summed E-state index contributed by atoms with van der Waals surface area (Å²) in [5.74, 6) is 1.38. The first kappa shape index (κ1) is 27.3. The van der Waals surface area contributed by atoms with Crippen molar-refractivity contribution in [2.45, 2.75) is 0 Å². The predicted octanol–water partition coefficient (Wildman–Crippen LogP) is 4.99. The first-order chi connectivity index (χ1) is 19.8. The number of benzene rings is 3. The Morgan fingerprint density at radius 1 is 0.537 bits per heavy atom. The summed E-state index contributed by atoms with van der Waals surface area (Å²) in [6, 6.07) is 7.69. The molecule has 3 aromatic carbocycles. The van der Waals surface area contributed by atoms with E-state index in [4.69, 9.17) is 37.3 Å². The normalized spacial score (nSPS) is 11.0. The molecule has 0 bridgehead atoms. The van der Waals surface area contributed by atoms with Crippen molar-refractivity contribution in [3.8, 4) is 62.5 Å². The summed E-state index contributed by atoms with van der Waals surface area (Å²) in [6.07, 6.45) is 2.50. The van der Waals surface area contributed by atoms with Crippen molar-refractivity contribution in [3.63, 3.8) is 0 Å². The van der Waals surface area contributed by atoms with Gasteiger partial charge in [-0.1, -0.05) is 0 Å². The van der Waals surface area contributed by atoms with Gasteiger partial charge in [-0.3, -0.25) is 9.59 Å². The molecule has 0 amide bonds. The minimum Gasteiger partial charge on any atom is -0.506 e. The molecule has 41 heavy (non-hydrogen) atoms. The molecule has 0 radical (unpaired) electrons. The van der Waals surface area contributed by atoms with Gasteiger partial charge in [-0.2, -0.15) is 0 Å². The number of aromatic hydroxyl groups is 1. The van der Waals surface area contributed by atoms with Gasteiger partial charge in [0.1, 0.15) is 40.2 Å². The minimum atomic E-state index is -0.586. The van der Waals surface area contributed by atoms with Crippen LogP contribution in [-0.4, -0.2) is 47.8 Å². The first-order valence-electron chi connectivity index (χ1n) is 12.1. The van der Waals surface area contributed by atoms with E-state index < -0.39 is 16.6 Å². The lowest BCUT2D eigenvalue weighted by Gasteiger charge is -2.14. The summed E-state index contributed by atoms with van der Waals surface area (Å²) in [7, 11) is 8.73. The Kier molecular flexibility index (Phi) is 7.10. The van der Waals surface area contributed by atoms with E-state index >= 15 is 0 Å². The molecule has 0 atom stereocenters. The zero-order chi connectivity index (χ0) is 29.4. The molecule has 2 heterocycles. The molecule has 0 unspecified atom stereocenters. The number of hydrogen-bond acceptors (Lipinski definition) is 11. The van der Waals surface area contributed by atoms with Gasteiger partial charge in [0.05, 0.1) is 53.8 Å². The number of fused-ring (bicyclic) bond motifs is 2. The van der Waals surface area contributed by atoms with Gasteiger partial charge in [-0.05, 0) is 35.4 Å². The van der Waals surface area contributed by atoms with Crippen LogP contribution in [0.25, 0.3) is 44.2 Å². The van der Waals surface area contributed by atoms with Crippen LogP contribution < -0.4 is 39.3 Å². The Hall–Kier alpha value is -5.32. The molecule has 0 saturated heterocycles. The average molecular weight is 563 g/mol. The van der Waals surface area contributed by atoms with E-state index in [0.717, 1.165) is 0 Å². The molecule has 0 saturated carbocycles. The van der Waals surface area contributed by atoms with Crippen LogP contribution in [0.1, 0.15) is 0 Å². The zero-order valence-corrected chi connectivity index (χ0v) is 23.1. The lowest BCUT2D eigenvalue weighted by atomic mass is 10.0. The van der Waals surface area contributed by atoms with Crippen molar-refractivity contribution in [2.24, 2.45) is 0 Å². The van der Waals surface area contributed by atoms with E-state index in [9.17, 15) is 14.7 Å². The topological polar surface area (TPSA) is 136 Å². The van der Waals surface area contributed by atoms with E-state index in [1.165, 1.54) is 61.3 Å². The third-order valence-corrected chi connectivity index (χ3v) is 6.73. The fourth-order valence-corrected chi connectivity index (χ4v) is 4.74. The van der Waals surface area contributed by atoms with Crippen molar-refractivity contribution in [1.82, 2.24) is 0 Å². The maximum absolute atomic E-state index is 13.7. The molecule has 1 N–H and O–H groups in total. The SMILES string of the molecule is COc1cc(-c2coc3cc4occ(-c5cc(OC)c(OC)c(OC)c5)c(=O)c4c(O)c3c2=O)cc(OC)c1OC. The molecular formula is C30H26O11. The van der Waals surface area contributed by atoms with Gasteiger partial charge < -0.3 is 42.4 Å². The van der Waals surface area contributed by atoms with Crippen molar-refractivity contribution in [1.29, 1.82) is 0 Å². The zero-order valence-electron chi connectivity index (χ0n) is 23.1. The molecule has 0 aliphatic heterocycles. The summed E-state index contributed by atoms with van der Waals surface area (Å²) >= 11 is 0. The van der Waals surface area contributed by atoms with Gasteiger partial charge >= 0.3 is 0 Å². The van der Waals surface area contributed by atoms with Gasteiger partial charge in [0, 0.05) is 6.07 Å². The van der Waals surface area contributed by atoms with Crippen LogP contribution >= 0.6 is 0 Å². The molecular weight excluding hydrogens is 536 g/mol. The van der Waals surface area contributed by atoms with Crippen LogP contribution in [0, 0.1) is 0 Å². The van der Waals surface area contributed by atoms with Crippen molar-refractivity contribution in [3.05, 3.63) is 63.3 Å². The standard InChI is InChI=1S/C30H26O11/c1-34-20-7-14(8-21(35-2)29(20)38-5)16-12-40-18-11-19-25(28(33)24(18)26(16)31)27(32)17(13-41-19)15-9-22(36-3)30(39-6)23(10-15)37-4/h7-13,33H,1-6H3. The summed E-state index contributed by atoms with van der Waals surface area (Å²) in [5, 5.41) is 10.9. The molecule has 11 nitrogen and oxygen atoms in total. The number of phenols is 1. The number of hydrogen-bond donors (Lipinski definition) is 1. The van der Waals surface area contributed by atoms with Crippen LogP contribution in [0.2, 0.25) is 0 Å². The highest BCUT2D eigenvalue weighted by molar-refractivity contribution is 6.02. The molecule has 5 aromatic rings. The van der Waals surface area contributed by atoms with Crippen LogP contribution in [0.15, 0.2) is 61.3 Å². The first-order valence-corrected chi connectivity index (χ1v) is 12.1. The van der Waals surface area contributed by atoms with Crippen molar-refractivity contribution < 1.29 is 42.4 Å². The largest absolute Gasteiger partial charge is 0.506 e. The van der Waals surface area contributed by atoms with Gasteiger partial charge in [0.2, 0.25) is 22.4 Å². The minimum absolute atomic E-state index is 0.0277. The molecule has 11 heteroatoms. The average Bonchev–Trinajstić information content (AvgIpc) is 2.99. The summed E-state index contributed by atoms with van der Waals surface area (Å²) in [6.45, 7) is 0. The molecule has 0 aliphatic rings. The van der Waals surface area contributed by atoms with Gasteiger partial charge in [0.15, 0.2) is 23.0 Å². The van der Waals surface area contributed by atoms with Gasteiger partial charge in [-0.15, -0.1) is 0 Å². The second-order valence-electron chi connectivity index (χ2n) is 8.76. The van der Waals surface area contributed by atoms with E-state index in [0.29, 0.717) is 45.6 Å². The third kappa shape index (κ3) is 4.31. The summed E-state index contributed by atoms with van der Waals surface area (Å²) in [5.41, 5.74) is -0.163. The maximum Gasteiger partial charge on any atom is 0.204 e. The Morgan fingerprint density at radius 3 is 1.17 bits per heavy atom. The van der Waals surface area contributed by atoms with Crippen molar-refractivity contribution >= 4 is 21.9 Å². The molecule has 212 valence electrons. The van der Waals surface area contributed by atoms with Gasteiger partial charge in [0.25, 0.3) is 0 Å². The Morgan fingerprint density at radius 2 is 0.878 bits per heavy atom. The number of phenolic OH excluding ortho intramolecular Hbond substituents is 1. The smallest absolute Gasteiger partial charge is 0.204 e. The molecule has 0 aliphatic carbocycles. The van der Waals surface area contributed by atoms with Crippen LogP contribution in [0.5, 0.6) is 40.2 Å². The molecule has 2 aromatic heterocycles. The van der Waals surface area contributed by atoms with E-state index in [-0.39, 0.29) is 33.1 Å². The second kappa shape index (κ2) is 10.7. The number of rotatable bonds is 8. The molecule has 0 spiro atoms. The number of methoxy groups -OCH3 is 6. The summed E-state index contributed by atoms with van der Waals surface area (Å²) in [4.78, 5) is 27.5. The fraction of sp³-hybridized carbons (Fsp3) is 0.200. The third-order valence-electron chi connectivity index (χ3n) is 6.73. The highest BCUT2D eigenvalue weighted by Crippen LogP contribution is 2.43. The van der Waals surface area contributed by atoms with E-state index in [1.54, 1.807) is 24.3 Å². The van der Waals surface area contributed by atoms with E-state index in [1.807, 2.05) is 0 Å². The van der Waals surface area contributed by atoms with E-state index in [2.05, 4.69) is 0 Å². The van der Waals surface area contributed by atoms with Crippen LogP contribution in [-0.2, 0) is 0 Å². The fourth-order valence-electron chi connectivity index (χ4n) is 4.74. The Balaban J connectivity index is 1.77. The molecule has 5 rings (SSSR count). The lowest BCUT2D eigenvalue weighted by molar-refractivity contribution is 0.324. The van der Waals surface area contributed by atoms with Gasteiger partial charge in [-0.25, -0.2) is 0 Å². The van der Waals surface area contributed by atoms with Crippen molar-refractivity contribution in [2.75, 3.05) is 42.7 Å². The monoisotopic (exact) mass is 562 g/mol. The lowest BCUT2D eigenvalue weighted by Crippen LogP contribution is -2.09. The molecule has 0 fully saturated rings. The second-order valence-corrected chi connectivity index (χ2v) is 8.76. The highest BCUT2D eigenvalue weighted by Gasteiger charge is 2.23.